The number of aromatic hydroxyl groups is 1. The molecule has 1 aromatic rings. The molecule has 0 amide bonds. The monoisotopic (exact) mass is 482 g/mol. The molecule has 1 saturated carbocycles. The molecule has 0 spiro atoms. The molecule has 0 radical (unpaired) electrons. The van der Waals surface area contributed by atoms with Gasteiger partial charge in [-0.1, -0.05) is 0 Å². The van der Waals surface area contributed by atoms with Crippen molar-refractivity contribution in [2.45, 2.75) is 54.8 Å². The van der Waals surface area contributed by atoms with Crippen LogP contribution in [0.4, 0.5) is 0 Å². The maximum absolute atomic E-state index is 12.7. The van der Waals surface area contributed by atoms with Crippen molar-refractivity contribution in [2.24, 2.45) is 11.8 Å². The molecule has 6 N–H and O–H groups in total. The van der Waals surface area contributed by atoms with Gasteiger partial charge < -0.3 is 54.3 Å². The molecule has 4 aliphatic rings. The van der Waals surface area contributed by atoms with Gasteiger partial charge in [0.05, 0.1) is 31.0 Å². The number of aliphatic hydroxyl groups excluding tert-OH is 5. The Balaban J connectivity index is 1.34. The van der Waals surface area contributed by atoms with E-state index in [0.717, 1.165) is 0 Å². The number of fused-ring (bicyclic) bond motifs is 3. The maximum atomic E-state index is 12.7. The lowest BCUT2D eigenvalue weighted by atomic mass is 9.85. The molecule has 186 valence electrons. The second-order valence-corrected chi connectivity index (χ2v) is 8.84. The van der Waals surface area contributed by atoms with Crippen LogP contribution in [0.25, 0.3) is 0 Å². The Labute approximate surface area is 193 Å². The molecular formula is C22H26O12. The number of hydrogen-bond donors (Lipinski definition) is 6. The Morgan fingerprint density at radius 1 is 1.03 bits per heavy atom. The van der Waals surface area contributed by atoms with Crippen LogP contribution in [0.1, 0.15) is 10.4 Å². The fourth-order valence-corrected chi connectivity index (χ4v) is 5.08. The summed E-state index contributed by atoms with van der Waals surface area (Å²) in [5.74, 6) is -1.78. The zero-order chi connectivity index (χ0) is 24.2. The summed E-state index contributed by atoms with van der Waals surface area (Å²) in [6, 6.07) is 5.56. The summed E-state index contributed by atoms with van der Waals surface area (Å²) in [7, 11) is 0. The van der Waals surface area contributed by atoms with Crippen molar-refractivity contribution in [1.82, 2.24) is 0 Å². The number of aliphatic hydroxyl groups is 5. The van der Waals surface area contributed by atoms with Crippen LogP contribution in [0.5, 0.6) is 5.75 Å². The van der Waals surface area contributed by atoms with E-state index < -0.39 is 85.8 Å². The van der Waals surface area contributed by atoms with E-state index in [1.54, 1.807) is 6.08 Å². The lowest BCUT2D eigenvalue weighted by Gasteiger charge is -2.43. The molecule has 3 heterocycles. The van der Waals surface area contributed by atoms with Crippen LogP contribution in [-0.4, -0.2) is 105 Å². The molecule has 12 nitrogen and oxygen atoms in total. The number of phenols is 1. The molecule has 0 unspecified atom stereocenters. The minimum atomic E-state index is -1.64. The van der Waals surface area contributed by atoms with Crippen molar-refractivity contribution in [2.75, 3.05) is 13.2 Å². The van der Waals surface area contributed by atoms with E-state index in [1.807, 2.05) is 0 Å². The van der Waals surface area contributed by atoms with Gasteiger partial charge in [0, 0.05) is 5.92 Å². The Morgan fingerprint density at radius 2 is 1.76 bits per heavy atom. The average molecular weight is 482 g/mol. The first-order valence-corrected chi connectivity index (χ1v) is 10.9. The van der Waals surface area contributed by atoms with Gasteiger partial charge in [0.1, 0.15) is 48.0 Å². The number of benzene rings is 1. The van der Waals surface area contributed by atoms with Crippen LogP contribution in [0.2, 0.25) is 0 Å². The maximum Gasteiger partial charge on any atom is 0.338 e. The normalized spacial score (nSPS) is 44.6. The Kier molecular flexibility index (Phi) is 6.02. The first kappa shape index (κ1) is 23.5. The molecule has 3 fully saturated rings. The van der Waals surface area contributed by atoms with Crippen molar-refractivity contribution in [1.29, 1.82) is 0 Å². The third-order valence-electron chi connectivity index (χ3n) is 6.94. The van der Waals surface area contributed by atoms with Crippen LogP contribution in [0, 0.1) is 11.8 Å². The minimum absolute atomic E-state index is 0.00264. The van der Waals surface area contributed by atoms with E-state index in [1.165, 1.54) is 30.5 Å². The van der Waals surface area contributed by atoms with Crippen molar-refractivity contribution in [3.63, 3.8) is 0 Å². The molecule has 34 heavy (non-hydrogen) atoms. The second kappa shape index (κ2) is 8.73. The van der Waals surface area contributed by atoms with Crippen LogP contribution >= 0.6 is 0 Å². The van der Waals surface area contributed by atoms with Gasteiger partial charge in [-0.05, 0) is 30.3 Å². The number of rotatable bonds is 6. The van der Waals surface area contributed by atoms with Crippen LogP contribution < -0.4 is 0 Å². The molecule has 2 saturated heterocycles. The lowest BCUT2D eigenvalue weighted by Crippen LogP contribution is -2.60. The van der Waals surface area contributed by atoms with Gasteiger partial charge in [-0.15, -0.1) is 0 Å². The molecule has 3 aliphatic heterocycles. The van der Waals surface area contributed by atoms with Gasteiger partial charge in [0.25, 0.3) is 0 Å². The molecule has 0 bridgehead atoms. The summed E-state index contributed by atoms with van der Waals surface area (Å²) < 4.78 is 28.3. The third kappa shape index (κ3) is 3.67. The number of esters is 1. The van der Waals surface area contributed by atoms with Crippen LogP contribution in [-0.2, 0) is 23.7 Å². The van der Waals surface area contributed by atoms with E-state index in [0.29, 0.717) is 0 Å². The molecule has 1 aliphatic carbocycles. The summed E-state index contributed by atoms with van der Waals surface area (Å²) in [6.07, 6.45) is -6.99. The standard InChI is InChI=1S/C22H26O12/c23-7-12-14(26)15(27)16(28)21(31-12)33-20-13-11(5-6-30-20)17(18-22(13,8-24)34-18)32-19(29)9-1-3-10(25)4-2-9/h1-6,11-18,20-21,23-28H,7-8H2/t11-,12-,13-,14-,15+,16-,17+,18+,20+,21+,22-/m1/s1. The Bertz CT molecular complexity index is 934. The summed E-state index contributed by atoms with van der Waals surface area (Å²) >= 11 is 0. The zero-order valence-corrected chi connectivity index (χ0v) is 17.8. The van der Waals surface area contributed by atoms with Crippen molar-refractivity contribution in [3.05, 3.63) is 42.2 Å². The van der Waals surface area contributed by atoms with Gasteiger partial charge in [-0.25, -0.2) is 4.79 Å². The van der Waals surface area contributed by atoms with Gasteiger partial charge in [-0.3, -0.25) is 0 Å². The minimum Gasteiger partial charge on any atom is -0.508 e. The fourth-order valence-electron chi connectivity index (χ4n) is 5.08. The van der Waals surface area contributed by atoms with Gasteiger partial charge in [0.15, 0.2) is 6.29 Å². The van der Waals surface area contributed by atoms with Crippen molar-refractivity contribution in [3.8, 4) is 5.75 Å². The summed E-state index contributed by atoms with van der Waals surface area (Å²) in [6.45, 7) is -1.04. The predicted molar refractivity (Wildman–Crippen MR) is 108 cm³/mol. The summed E-state index contributed by atoms with van der Waals surface area (Å²) in [5.41, 5.74) is -0.907. The number of hydrogen-bond acceptors (Lipinski definition) is 12. The van der Waals surface area contributed by atoms with E-state index >= 15 is 0 Å². The van der Waals surface area contributed by atoms with Gasteiger partial charge in [0.2, 0.25) is 6.29 Å². The van der Waals surface area contributed by atoms with Crippen LogP contribution in [0.15, 0.2) is 36.6 Å². The Hall–Kier alpha value is -2.29. The molecule has 5 rings (SSSR count). The molecular weight excluding hydrogens is 456 g/mol. The fraction of sp³-hybridized carbons (Fsp3) is 0.591. The predicted octanol–water partition coefficient (Wildman–Crippen LogP) is -2.02. The summed E-state index contributed by atoms with van der Waals surface area (Å²) in [5, 5.41) is 59.3. The van der Waals surface area contributed by atoms with E-state index in [-0.39, 0.29) is 11.3 Å². The van der Waals surface area contributed by atoms with Gasteiger partial charge in [-0.2, -0.15) is 0 Å². The number of carbonyl (C=O) groups is 1. The zero-order valence-electron chi connectivity index (χ0n) is 17.8. The first-order valence-electron chi connectivity index (χ1n) is 10.9. The number of ether oxygens (including phenoxy) is 5. The van der Waals surface area contributed by atoms with Crippen LogP contribution in [0.3, 0.4) is 0 Å². The topological polar surface area (TPSA) is 188 Å². The lowest BCUT2D eigenvalue weighted by molar-refractivity contribution is -0.344. The highest BCUT2D eigenvalue weighted by atomic mass is 16.8. The molecule has 12 heteroatoms. The number of carbonyl (C=O) groups excluding carboxylic acids is 1. The number of epoxide rings is 1. The molecule has 1 aromatic carbocycles. The highest BCUT2D eigenvalue weighted by Crippen LogP contribution is 2.60. The second-order valence-electron chi connectivity index (χ2n) is 8.84. The van der Waals surface area contributed by atoms with Crippen molar-refractivity contribution < 1.29 is 59.1 Å². The largest absolute Gasteiger partial charge is 0.508 e. The summed E-state index contributed by atoms with van der Waals surface area (Å²) in [4.78, 5) is 12.7. The first-order chi connectivity index (χ1) is 16.3. The quantitative estimate of drug-likeness (QED) is 0.193. The van der Waals surface area contributed by atoms with E-state index in [9.17, 15) is 35.4 Å². The van der Waals surface area contributed by atoms with E-state index in [2.05, 4.69) is 0 Å². The van der Waals surface area contributed by atoms with Crippen molar-refractivity contribution >= 4 is 5.97 Å². The molecule has 0 aromatic heterocycles. The highest BCUT2D eigenvalue weighted by molar-refractivity contribution is 5.89. The Morgan fingerprint density at radius 3 is 2.44 bits per heavy atom. The smallest absolute Gasteiger partial charge is 0.338 e. The average Bonchev–Trinajstić information content (AvgIpc) is 3.52. The number of phenolic OH excluding ortho intramolecular Hbond substituents is 1. The molecule has 11 atom stereocenters. The van der Waals surface area contributed by atoms with Gasteiger partial charge >= 0.3 is 5.97 Å². The van der Waals surface area contributed by atoms with E-state index in [4.69, 9.17) is 23.7 Å². The third-order valence-corrected chi connectivity index (χ3v) is 6.94. The highest BCUT2D eigenvalue weighted by Gasteiger charge is 2.77. The SMILES string of the molecule is O=C(O[C@H]1[C@@H]2C=CO[C@@H](O[C@@H]3O[C@H](CO)[C@@H](O)[C@H](O)[C@H]3O)[C@@H]2[C@@]2(CO)O[C@@H]12)c1ccc(O)cc1.